The minimum absolute atomic E-state index is 0.282. The van der Waals surface area contributed by atoms with Crippen molar-refractivity contribution in [2.24, 2.45) is 0 Å². The number of fused-ring (bicyclic) bond motifs is 1. The fraction of sp³-hybridized carbons (Fsp3) is 0.345. The Morgan fingerprint density at radius 1 is 0.905 bits per heavy atom. The minimum Gasteiger partial charge on any atom is -0.493 e. The molecule has 0 aliphatic carbocycles. The number of nitrogens with zero attached hydrogens (tertiary/aromatic N) is 5. The molecule has 9 nitrogen and oxygen atoms in total. The number of anilines is 1. The Morgan fingerprint density at radius 2 is 1.60 bits per heavy atom. The first-order valence-corrected chi connectivity index (χ1v) is 14.8. The Balaban J connectivity index is 1.40. The van der Waals surface area contributed by atoms with Gasteiger partial charge in [0.25, 0.3) is 10.2 Å². The van der Waals surface area contributed by atoms with Crippen molar-refractivity contribution in [2.75, 3.05) is 51.8 Å². The summed E-state index contributed by atoms with van der Waals surface area (Å²) in [6, 6.07) is 21.2. The van der Waals surface area contributed by atoms with Crippen LogP contribution in [0.3, 0.4) is 0 Å². The van der Waals surface area contributed by atoms with Crippen molar-refractivity contribution in [3.63, 3.8) is 0 Å². The predicted octanol–water partition coefficient (Wildman–Crippen LogP) is 4.53. The molecule has 0 bridgehead atoms. The Labute approximate surface area is 242 Å². The van der Waals surface area contributed by atoms with Gasteiger partial charge in [0.05, 0.1) is 17.6 Å². The summed E-state index contributed by atoms with van der Waals surface area (Å²) in [5.41, 5.74) is 3.36. The molecule has 0 unspecified atom stereocenters. The molecule has 42 heavy (non-hydrogen) atoms. The van der Waals surface area contributed by atoms with Crippen LogP contribution in [0.1, 0.15) is 11.4 Å². The van der Waals surface area contributed by atoms with E-state index in [1.807, 2.05) is 53.1 Å². The van der Waals surface area contributed by atoms with Crippen molar-refractivity contribution in [1.29, 1.82) is 0 Å². The van der Waals surface area contributed by atoms with E-state index in [4.69, 9.17) is 9.72 Å². The van der Waals surface area contributed by atoms with Crippen molar-refractivity contribution in [3.05, 3.63) is 84.2 Å². The van der Waals surface area contributed by atoms with E-state index in [9.17, 15) is 21.6 Å². The SMILES string of the molecule is CN(C)S(=O)(=O)N1CCN(c2ccc3nc(CCOc4ccccc4)n(Cc4ccc(OC(F)(F)F)cc4)c3c2)CC1. The molecular formula is C29H32F3N5O4S. The second kappa shape index (κ2) is 12.2. The molecule has 5 rings (SSSR count). The van der Waals surface area contributed by atoms with Gasteiger partial charge in [-0.05, 0) is 48.0 Å². The molecule has 13 heteroatoms. The maximum atomic E-state index is 12.6. The van der Waals surface area contributed by atoms with E-state index in [1.165, 1.54) is 34.8 Å². The maximum Gasteiger partial charge on any atom is 0.573 e. The Morgan fingerprint density at radius 3 is 2.24 bits per heavy atom. The van der Waals surface area contributed by atoms with Crippen LogP contribution in [-0.4, -0.2) is 79.8 Å². The number of alkyl halides is 3. The summed E-state index contributed by atoms with van der Waals surface area (Å²) in [5, 5.41) is 0. The number of hydrogen-bond donors (Lipinski definition) is 0. The van der Waals surface area contributed by atoms with Gasteiger partial charge >= 0.3 is 6.36 Å². The van der Waals surface area contributed by atoms with Crippen LogP contribution in [0.15, 0.2) is 72.8 Å². The van der Waals surface area contributed by atoms with Gasteiger partial charge in [-0.25, -0.2) is 4.98 Å². The van der Waals surface area contributed by atoms with Crippen LogP contribution >= 0.6 is 0 Å². The molecule has 1 aliphatic rings. The van der Waals surface area contributed by atoms with Crippen LogP contribution in [0.2, 0.25) is 0 Å². The second-order valence-corrected chi connectivity index (χ2v) is 12.2. The molecule has 2 heterocycles. The highest BCUT2D eigenvalue weighted by Gasteiger charge is 2.31. The molecule has 0 N–H and O–H groups in total. The zero-order chi connectivity index (χ0) is 29.9. The van der Waals surface area contributed by atoms with E-state index < -0.39 is 16.6 Å². The summed E-state index contributed by atoms with van der Waals surface area (Å²) in [7, 11) is -0.430. The molecule has 0 saturated carbocycles. The van der Waals surface area contributed by atoms with Crippen molar-refractivity contribution in [2.45, 2.75) is 19.3 Å². The van der Waals surface area contributed by atoms with Crippen LogP contribution in [-0.2, 0) is 23.2 Å². The summed E-state index contributed by atoms with van der Waals surface area (Å²) in [6.07, 6.45) is -4.25. The van der Waals surface area contributed by atoms with Gasteiger partial charge in [0.2, 0.25) is 0 Å². The zero-order valence-corrected chi connectivity index (χ0v) is 24.1. The van der Waals surface area contributed by atoms with Crippen LogP contribution in [0.5, 0.6) is 11.5 Å². The Kier molecular flexibility index (Phi) is 8.62. The third-order valence-corrected chi connectivity index (χ3v) is 8.98. The molecule has 1 fully saturated rings. The smallest absolute Gasteiger partial charge is 0.493 e. The van der Waals surface area contributed by atoms with E-state index in [2.05, 4.69) is 9.64 Å². The lowest BCUT2D eigenvalue weighted by atomic mass is 10.2. The van der Waals surface area contributed by atoms with Gasteiger partial charge < -0.3 is 18.9 Å². The first-order chi connectivity index (χ1) is 20.0. The highest BCUT2D eigenvalue weighted by molar-refractivity contribution is 7.86. The first kappa shape index (κ1) is 29.7. The monoisotopic (exact) mass is 603 g/mol. The molecular weight excluding hydrogens is 571 g/mol. The number of para-hydroxylation sites is 1. The summed E-state index contributed by atoms with van der Waals surface area (Å²) in [5.74, 6) is 1.24. The van der Waals surface area contributed by atoms with Crippen molar-refractivity contribution >= 4 is 26.9 Å². The van der Waals surface area contributed by atoms with Crippen LogP contribution in [0, 0.1) is 0 Å². The van der Waals surface area contributed by atoms with Gasteiger partial charge in [0.15, 0.2) is 0 Å². The molecule has 1 aliphatic heterocycles. The minimum atomic E-state index is -4.76. The van der Waals surface area contributed by atoms with Gasteiger partial charge in [-0.3, -0.25) is 0 Å². The van der Waals surface area contributed by atoms with E-state index in [0.717, 1.165) is 33.9 Å². The van der Waals surface area contributed by atoms with Crippen molar-refractivity contribution in [1.82, 2.24) is 18.2 Å². The largest absolute Gasteiger partial charge is 0.573 e. The molecule has 0 atom stereocenters. The number of piperazine rings is 1. The molecule has 4 aromatic rings. The summed E-state index contributed by atoms with van der Waals surface area (Å²) < 4.78 is 77.6. The fourth-order valence-electron chi connectivity index (χ4n) is 4.89. The zero-order valence-electron chi connectivity index (χ0n) is 23.3. The predicted molar refractivity (Wildman–Crippen MR) is 154 cm³/mol. The standard InChI is InChI=1S/C29H32F3N5O4S/c1-34(2)42(38,39)36-17-15-35(16-18-36)23-10-13-26-27(20-23)37(21-22-8-11-25(12-9-22)41-29(30,31)32)28(33-26)14-19-40-24-6-4-3-5-7-24/h3-13,20H,14-19,21H2,1-2H3. The maximum absolute atomic E-state index is 12.6. The summed E-state index contributed by atoms with van der Waals surface area (Å²) in [4.78, 5) is 6.99. The third-order valence-electron chi connectivity index (χ3n) is 7.04. The molecule has 1 aromatic heterocycles. The number of benzene rings is 3. The highest BCUT2D eigenvalue weighted by Crippen LogP contribution is 2.27. The molecule has 0 amide bonds. The van der Waals surface area contributed by atoms with E-state index in [1.54, 1.807) is 12.1 Å². The first-order valence-electron chi connectivity index (χ1n) is 13.4. The Hall–Kier alpha value is -3.81. The third kappa shape index (κ3) is 6.97. The summed E-state index contributed by atoms with van der Waals surface area (Å²) in [6.45, 7) is 2.57. The molecule has 0 spiro atoms. The molecule has 1 saturated heterocycles. The number of hydrogen-bond acceptors (Lipinski definition) is 6. The number of halogens is 3. The highest BCUT2D eigenvalue weighted by atomic mass is 32.2. The number of ether oxygens (including phenoxy) is 2. The van der Waals surface area contributed by atoms with Gasteiger partial charge in [0, 0.05) is 58.9 Å². The van der Waals surface area contributed by atoms with E-state index in [0.29, 0.717) is 45.8 Å². The molecule has 3 aromatic carbocycles. The number of imidazole rings is 1. The second-order valence-electron chi connectivity index (χ2n) is 10.1. The van der Waals surface area contributed by atoms with Gasteiger partial charge in [0.1, 0.15) is 17.3 Å². The lowest BCUT2D eigenvalue weighted by Gasteiger charge is -2.36. The lowest BCUT2D eigenvalue weighted by molar-refractivity contribution is -0.274. The van der Waals surface area contributed by atoms with Crippen LogP contribution in [0.4, 0.5) is 18.9 Å². The average molecular weight is 604 g/mol. The van der Waals surface area contributed by atoms with Gasteiger partial charge in [-0.15, -0.1) is 13.2 Å². The van der Waals surface area contributed by atoms with E-state index in [-0.39, 0.29) is 5.75 Å². The normalized spacial score (nSPS) is 15.0. The van der Waals surface area contributed by atoms with Crippen molar-refractivity contribution in [3.8, 4) is 11.5 Å². The van der Waals surface area contributed by atoms with Gasteiger partial charge in [-0.2, -0.15) is 17.0 Å². The van der Waals surface area contributed by atoms with Crippen LogP contribution < -0.4 is 14.4 Å². The number of rotatable bonds is 10. The quantitative estimate of drug-likeness (QED) is 0.265. The topological polar surface area (TPSA) is 80.1 Å². The molecule has 0 radical (unpaired) electrons. The fourth-order valence-corrected chi connectivity index (χ4v) is 5.98. The van der Waals surface area contributed by atoms with Crippen LogP contribution in [0.25, 0.3) is 11.0 Å². The lowest BCUT2D eigenvalue weighted by Crippen LogP contribution is -2.51. The van der Waals surface area contributed by atoms with Gasteiger partial charge in [-0.1, -0.05) is 30.3 Å². The molecule has 224 valence electrons. The average Bonchev–Trinajstić information content (AvgIpc) is 3.30. The number of aromatic nitrogens is 2. The summed E-state index contributed by atoms with van der Waals surface area (Å²) >= 11 is 0. The Bertz CT molecular complexity index is 1600. The van der Waals surface area contributed by atoms with E-state index >= 15 is 0 Å². The van der Waals surface area contributed by atoms with Crippen molar-refractivity contribution < 1.29 is 31.1 Å².